The molecule has 3 aromatic rings. The van der Waals surface area contributed by atoms with Crippen molar-refractivity contribution in [3.63, 3.8) is 0 Å². The zero-order valence-electron chi connectivity index (χ0n) is 12.5. The summed E-state index contributed by atoms with van der Waals surface area (Å²) in [6, 6.07) is 5.43. The van der Waals surface area contributed by atoms with Gasteiger partial charge >= 0.3 is 6.08 Å². The third-order valence-corrected chi connectivity index (χ3v) is 4.96. The fourth-order valence-electron chi connectivity index (χ4n) is 2.19. The monoisotopic (exact) mass is 400 g/mol. The van der Waals surface area contributed by atoms with E-state index in [1.807, 2.05) is 0 Å². The van der Waals surface area contributed by atoms with E-state index < -0.39 is 36.1 Å². The van der Waals surface area contributed by atoms with Crippen LogP contribution in [0.5, 0.6) is 0 Å². The minimum Gasteiger partial charge on any atom is -0.323 e. The Morgan fingerprint density at radius 3 is 2.19 bits per heavy atom. The van der Waals surface area contributed by atoms with E-state index in [0.717, 1.165) is 30.6 Å². The molecule has 0 amide bonds. The molecule has 0 aliphatic rings. The van der Waals surface area contributed by atoms with Gasteiger partial charge in [0.2, 0.25) is 5.95 Å². The average molecular weight is 400 g/mol. The van der Waals surface area contributed by atoms with Crippen molar-refractivity contribution < 1.29 is 30.3 Å². The second-order valence-electron chi connectivity index (χ2n) is 5.01. The minimum absolute atomic E-state index is 0.0441. The highest BCUT2D eigenvalue weighted by Crippen LogP contribution is 2.31. The summed E-state index contributed by atoms with van der Waals surface area (Å²) in [4.78, 5) is 9.19. The van der Waals surface area contributed by atoms with Crippen molar-refractivity contribution in [1.82, 2.24) is 15.0 Å². The van der Waals surface area contributed by atoms with Gasteiger partial charge in [-0.2, -0.15) is 31.2 Å². The summed E-state index contributed by atoms with van der Waals surface area (Å²) in [5.41, 5.74) is 0.0441. The van der Waals surface area contributed by atoms with Crippen LogP contribution in [0.3, 0.4) is 0 Å². The van der Waals surface area contributed by atoms with Gasteiger partial charge in [0.25, 0.3) is 20.2 Å². The van der Waals surface area contributed by atoms with Crippen LogP contribution >= 0.6 is 0 Å². The average Bonchev–Trinajstić information content (AvgIpc) is 2.52. The predicted molar refractivity (Wildman–Crippen MR) is 86.6 cm³/mol. The number of nitrogens with one attached hydrogen (secondary N) is 1. The van der Waals surface area contributed by atoms with Crippen molar-refractivity contribution in [2.45, 2.75) is 9.79 Å². The molecule has 0 saturated carbocycles. The Balaban J connectivity index is 2.26. The van der Waals surface area contributed by atoms with Crippen LogP contribution in [-0.2, 0) is 20.2 Å². The summed E-state index contributed by atoms with van der Waals surface area (Å²) in [6.45, 7) is 0. The van der Waals surface area contributed by atoms with Gasteiger partial charge in [-0.3, -0.25) is 9.11 Å². The van der Waals surface area contributed by atoms with Gasteiger partial charge in [-0.1, -0.05) is 6.07 Å². The lowest BCUT2D eigenvalue weighted by atomic mass is 10.1. The van der Waals surface area contributed by atoms with Gasteiger partial charge in [0.1, 0.15) is 6.33 Å². The van der Waals surface area contributed by atoms with E-state index in [0.29, 0.717) is 5.39 Å². The number of aromatic nitrogens is 3. The number of halogens is 1. The first-order chi connectivity index (χ1) is 12.0. The largest absolute Gasteiger partial charge is 0.323 e. The maximum Gasteiger partial charge on any atom is 0.313 e. The third-order valence-electron chi connectivity index (χ3n) is 3.28. The SMILES string of the molecule is O=S(=O)(O)c1ccc2c(Nc3ncnc(F)n3)cc(S(=O)(=O)O)cc2c1. The highest BCUT2D eigenvalue weighted by Gasteiger charge is 2.17. The maximum absolute atomic E-state index is 13.1. The number of benzene rings is 2. The normalized spacial score (nSPS) is 12.3. The molecular weight excluding hydrogens is 391 g/mol. The molecular formula is C13H9FN4O6S2. The van der Waals surface area contributed by atoms with Crippen LogP contribution in [0.4, 0.5) is 16.0 Å². The zero-order valence-corrected chi connectivity index (χ0v) is 14.2. The first kappa shape index (κ1) is 18.1. The molecule has 0 bridgehead atoms. The molecule has 3 N–H and O–H groups in total. The van der Waals surface area contributed by atoms with Crippen LogP contribution in [0, 0.1) is 6.08 Å². The Labute approximate surface area is 146 Å². The van der Waals surface area contributed by atoms with E-state index in [9.17, 15) is 25.8 Å². The van der Waals surface area contributed by atoms with Crippen molar-refractivity contribution >= 4 is 42.6 Å². The summed E-state index contributed by atoms with van der Waals surface area (Å²) >= 11 is 0. The van der Waals surface area contributed by atoms with Crippen molar-refractivity contribution in [2.24, 2.45) is 0 Å². The lowest BCUT2D eigenvalue weighted by Crippen LogP contribution is -2.04. The van der Waals surface area contributed by atoms with Gasteiger partial charge in [-0.05, 0) is 29.7 Å². The predicted octanol–water partition coefficient (Wildman–Crippen LogP) is 1.40. The standard InChI is InChI=1S/C13H9FN4O6S2/c14-12-15-6-16-13(18-12)17-11-5-9(26(22,23)24)4-7-3-8(25(19,20)21)1-2-10(7)11/h1-6H,(H,19,20,21)(H,22,23,24)(H,15,16,17,18). The molecule has 0 aliphatic carbocycles. The quantitative estimate of drug-likeness (QED) is 0.546. The molecule has 2 aromatic carbocycles. The lowest BCUT2D eigenvalue weighted by molar-refractivity contribution is 0.481. The first-order valence-electron chi connectivity index (χ1n) is 6.68. The number of hydrogen-bond acceptors (Lipinski definition) is 8. The second-order valence-corrected chi connectivity index (χ2v) is 7.85. The van der Waals surface area contributed by atoms with Gasteiger partial charge in [0.15, 0.2) is 0 Å². The number of anilines is 2. The molecule has 26 heavy (non-hydrogen) atoms. The van der Waals surface area contributed by atoms with Crippen molar-refractivity contribution in [2.75, 3.05) is 5.32 Å². The van der Waals surface area contributed by atoms with E-state index in [1.165, 1.54) is 6.07 Å². The highest BCUT2D eigenvalue weighted by molar-refractivity contribution is 7.86. The summed E-state index contributed by atoms with van der Waals surface area (Å²) in [6.07, 6.45) is -0.193. The smallest absolute Gasteiger partial charge is 0.313 e. The van der Waals surface area contributed by atoms with E-state index in [-0.39, 0.29) is 17.0 Å². The van der Waals surface area contributed by atoms with Crippen LogP contribution in [0.2, 0.25) is 0 Å². The summed E-state index contributed by atoms with van der Waals surface area (Å²) in [5.74, 6) is -0.245. The molecule has 0 radical (unpaired) electrons. The van der Waals surface area contributed by atoms with Crippen LogP contribution in [0.15, 0.2) is 46.5 Å². The van der Waals surface area contributed by atoms with Crippen LogP contribution < -0.4 is 5.32 Å². The molecule has 1 aromatic heterocycles. The summed E-state index contributed by atoms with van der Waals surface area (Å²) in [7, 11) is -9.18. The fourth-order valence-corrected chi connectivity index (χ4v) is 3.25. The topological polar surface area (TPSA) is 159 Å². The zero-order chi connectivity index (χ0) is 19.1. The summed E-state index contributed by atoms with van der Waals surface area (Å²) in [5, 5.41) is 2.93. The number of rotatable bonds is 4. The molecule has 0 aliphatic heterocycles. The van der Waals surface area contributed by atoms with Gasteiger partial charge in [-0.25, -0.2) is 4.98 Å². The molecule has 3 rings (SSSR count). The molecule has 0 unspecified atom stereocenters. The van der Waals surface area contributed by atoms with Gasteiger partial charge < -0.3 is 5.32 Å². The Bertz CT molecular complexity index is 1230. The maximum atomic E-state index is 13.1. The van der Waals surface area contributed by atoms with Gasteiger partial charge in [0.05, 0.1) is 15.5 Å². The van der Waals surface area contributed by atoms with Crippen LogP contribution in [-0.4, -0.2) is 40.9 Å². The molecule has 10 nitrogen and oxygen atoms in total. The molecule has 0 saturated heterocycles. The first-order valence-corrected chi connectivity index (χ1v) is 9.56. The van der Waals surface area contributed by atoms with E-state index in [2.05, 4.69) is 20.3 Å². The lowest BCUT2D eigenvalue weighted by Gasteiger charge is -2.11. The van der Waals surface area contributed by atoms with Crippen molar-refractivity contribution in [3.05, 3.63) is 42.7 Å². The van der Waals surface area contributed by atoms with Crippen molar-refractivity contribution in [3.8, 4) is 0 Å². The third kappa shape index (κ3) is 3.75. The van der Waals surface area contributed by atoms with E-state index in [4.69, 9.17) is 4.55 Å². The molecule has 0 atom stereocenters. The molecule has 13 heteroatoms. The van der Waals surface area contributed by atoms with Crippen molar-refractivity contribution in [1.29, 1.82) is 0 Å². The molecule has 0 fully saturated rings. The van der Waals surface area contributed by atoms with Gasteiger partial charge in [0, 0.05) is 5.39 Å². The number of hydrogen-bond donors (Lipinski definition) is 3. The Kier molecular flexibility index (Phi) is 4.31. The summed E-state index contributed by atoms with van der Waals surface area (Å²) < 4.78 is 77.0. The highest BCUT2D eigenvalue weighted by atomic mass is 32.2. The molecule has 1 heterocycles. The van der Waals surface area contributed by atoms with E-state index >= 15 is 0 Å². The molecule has 0 spiro atoms. The second kappa shape index (κ2) is 6.21. The van der Waals surface area contributed by atoms with Crippen LogP contribution in [0.25, 0.3) is 10.8 Å². The Hall–Kier alpha value is -2.74. The Morgan fingerprint density at radius 2 is 1.58 bits per heavy atom. The fraction of sp³-hybridized carbons (Fsp3) is 0. The van der Waals surface area contributed by atoms with Gasteiger partial charge in [-0.15, -0.1) is 0 Å². The van der Waals surface area contributed by atoms with Crippen LogP contribution in [0.1, 0.15) is 0 Å². The minimum atomic E-state index is -4.64. The Morgan fingerprint density at radius 1 is 0.923 bits per heavy atom. The number of nitrogens with zero attached hydrogens (tertiary/aromatic N) is 3. The molecule has 136 valence electrons. The van der Waals surface area contributed by atoms with E-state index in [1.54, 1.807) is 0 Å². The number of fused-ring (bicyclic) bond motifs is 1.